The molecule has 3 unspecified atom stereocenters. The Bertz CT molecular complexity index is 2030. The summed E-state index contributed by atoms with van der Waals surface area (Å²) in [6, 6.07) is 0. The van der Waals surface area contributed by atoms with Crippen molar-refractivity contribution in [2.24, 2.45) is 11.8 Å². The van der Waals surface area contributed by atoms with Gasteiger partial charge in [-0.15, -0.1) is 0 Å². The molecule has 0 bridgehead atoms. The molecule has 17 nitrogen and oxygen atoms in total. The van der Waals surface area contributed by atoms with Gasteiger partial charge in [0.05, 0.1) is 26.4 Å². The molecular weight excluding hydrogens is 1380 g/mol. The quantitative estimate of drug-likeness (QED) is 0.0222. The number of aliphatic hydroxyl groups excluding tert-OH is 1. The average molecular weight is 1550 g/mol. The van der Waals surface area contributed by atoms with E-state index in [0.29, 0.717) is 25.7 Å². The van der Waals surface area contributed by atoms with Crippen LogP contribution in [0.1, 0.15) is 465 Å². The van der Waals surface area contributed by atoms with Gasteiger partial charge in [-0.05, 0) is 37.5 Å². The Hall–Kier alpha value is -1.94. The molecule has 0 aliphatic heterocycles. The van der Waals surface area contributed by atoms with E-state index in [0.717, 1.165) is 102 Å². The molecule has 0 aromatic carbocycles. The number of hydrogen-bond donors (Lipinski definition) is 3. The molecular formula is C87H170O17P2. The second-order valence-corrected chi connectivity index (χ2v) is 34.9. The summed E-state index contributed by atoms with van der Waals surface area (Å²) in [4.78, 5) is 73.3. The van der Waals surface area contributed by atoms with Crippen LogP contribution in [0.25, 0.3) is 0 Å². The number of unbranched alkanes of at least 4 members (excludes halogenated alkanes) is 55. The molecule has 0 spiro atoms. The molecule has 0 aromatic rings. The fourth-order valence-electron chi connectivity index (χ4n) is 13.6. The molecule has 0 aromatic heterocycles. The van der Waals surface area contributed by atoms with Crippen molar-refractivity contribution in [3.8, 4) is 0 Å². The highest BCUT2D eigenvalue weighted by molar-refractivity contribution is 7.47. The van der Waals surface area contributed by atoms with Crippen molar-refractivity contribution >= 4 is 39.5 Å². The zero-order chi connectivity index (χ0) is 77.8. The van der Waals surface area contributed by atoms with E-state index >= 15 is 0 Å². The number of phosphoric acid groups is 2. The maximum absolute atomic E-state index is 13.2. The molecule has 106 heavy (non-hydrogen) atoms. The topological polar surface area (TPSA) is 237 Å². The lowest BCUT2D eigenvalue weighted by molar-refractivity contribution is -0.161. The SMILES string of the molecule is CCCCCCCCCCCCCCCCCCCCCCC(=O)O[C@H](COC(=O)CCCCCCCCCCCCCCCCC(C)CC)COP(=O)(O)OC[C@@H](O)COP(=O)(O)OC[C@@H](COC(=O)CCCCCCCCCCC(C)C)OC(=O)CCCCCCCCCCCCCCCCCCC. The second kappa shape index (κ2) is 78.3. The predicted octanol–water partition coefficient (Wildman–Crippen LogP) is 26.6. The Morgan fingerprint density at radius 2 is 0.481 bits per heavy atom. The van der Waals surface area contributed by atoms with Crippen molar-refractivity contribution in [1.82, 2.24) is 0 Å². The molecule has 3 N–H and O–H groups in total. The van der Waals surface area contributed by atoms with Crippen molar-refractivity contribution in [1.29, 1.82) is 0 Å². The van der Waals surface area contributed by atoms with Crippen LogP contribution in [0, 0.1) is 11.8 Å². The Kier molecular flexibility index (Phi) is 76.9. The zero-order valence-corrected chi connectivity index (χ0v) is 71.5. The first kappa shape index (κ1) is 104. The number of rotatable bonds is 86. The van der Waals surface area contributed by atoms with Crippen LogP contribution in [0.3, 0.4) is 0 Å². The first-order valence-corrected chi connectivity index (χ1v) is 48.0. The minimum Gasteiger partial charge on any atom is -0.462 e. The van der Waals surface area contributed by atoms with Crippen molar-refractivity contribution in [3.63, 3.8) is 0 Å². The predicted molar refractivity (Wildman–Crippen MR) is 437 cm³/mol. The zero-order valence-electron chi connectivity index (χ0n) is 69.7. The lowest BCUT2D eigenvalue weighted by Crippen LogP contribution is -2.30. The highest BCUT2D eigenvalue weighted by atomic mass is 31.2. The number of ether oxygens (including phenoxy) is 4. The van der Waals surface area contributed by atoms with Crippen LogP contribution in [-0.4, -0.2) is 96.7 Å². The summed E-state index contributed by atoms with van der Waals surface area (Å²) in [6.45, 7) is 9.70. The Morgan fingerprint density at radius 1 is 0.274 bits per heavy atom. The standard InChI is InChI=1S/C87H170O17P2/c1-7-10-12-14-16-18-20-22-24-26-27-28-30-32-38-42-46-54-60-66-71-86(91)103-82(75-97-84(89)69-63-57-51-44-40-36-34-33-35-39-43-50-56-62-68-80(6)9-3)77-101-105(93,94)99-73-81(88)74-100-106(95,96)102-78-83(76-98-85(90)70-64-58-52-48-47-49-55-61-67-79(4)5)104-87(92)72-65-59-53-45-41-37-31-29-25-23-21-19-17-15-13-11-8-2/h79-83,88H,7-78H2,1-6H3,(H,93,94)(H,95,96)/t80?,81-,82-,83-/m1/s1. The van der Waals surface area contributed by atoms with Gasteiger partial charge in [0, 0.05) is 25.7 Å². The van der Waals surface area contributed by atoms with E-state index < -0.39 is 97.5 Å². The van der Waals surface area contributed by atoms with Crippen LogP contribution >= 0.6 is 15.6 Å². The lowest BCUT2D eigenvalue weighted by atomic mass is 9.99. The molecule has 6 atom stereocenters. The molecule has 0 aliphatic carbocycles. The number of aliphatic hydroxyl groups is 1. The maximum atomic E-state index is 13.2. The van der Waals surface area contributed by atoms with Gasteiger partial charge in [0.1, 0.15) is 19.3 Å². The van der Waals surface area contributed by atoms with Gasteiger partial charge in [-0.2, -0.15) is 0 Å². The molecule has 19 heteroatoms. The summed E-state index contributed by atoms with van der Waals surface area (Å²) in [6.07, 6.45) is 70.8. The maximum Gasteiger partial charge on any atom is 0.472 e. The number of esters is 4. The molecule has 0 aliphatic rings. The van der Waals surface area contributed by atoms with E-state index in [4.69, 9.17) is 37.0 Å². The summed E-state index contributed by atoms with van der Waals surface area (Å²) in [7, 11) is -9.93. The third kappa shape index (κ3) is 78.7. The molecule has 630 valence electrons. The van der Waals surface area contributed by atoms with E-state index in [1.54, 1.807) is 0 Å². The van der Waals surface area contributed by atoms with Crippen LogP contribution in [0.5, 0.6) is 0 Å². The van der Waals surface area contributed by atoms with Crippen molar-refractivity contribution in [3.05, 3.63) is 0 Å². The molecule has 0 saturated heterocycles. The molecule has 0 saturated carbocycles. The number of hydrogen-bond acceptors (Lipinski definition) is 15. The first-order chi connectivity index (χ1) is 51.4. The van der Waals surface area contributed by atoms with Gasteiger partial charge >= 0.3 is 39.5 Å². The van der Waals surface area contributed by atoms with E-state index in [1.807, 2.05) is 0 Å². The second-order valence-electron chi connectivity index (χ2n) is 32.0. The van der Waals surface area contributed by atoms with Crippen LogP contribution in [-0.2, 0) is 65.4 Å². The molecule has 0 radical (unpaired) electrons. The van der Waals surface area contributed by atoms with Gasteiger partial charge in [-0.3, -0.25) is 37.3 Å². The van der Waals surface area contributed by atoms with E-state index in [-0.39, 0.29) is 25.7 Å². The average Bonchev–Trinajstić information content (AvgIpc) is 0.903. The monoisotopic (exact) mass is 1550 g/mol. The van der Waals surface area contributed by atoms with Crippen LogP contribution in [0.4, 0.5) is 0 Å². The van der Waals surface area contributed by atoms with E-state index in [2.05, 4.69) is 41.5 Å². The summed E-state index contributed by atoms with van der Waals surface area (Å²) in [5, 5.41) is 10.7. The van der Waals surface area contributed by atoms with Gasteiger partial charge in [-0.25, -0.2) is 9.13 Å². The molecule has 0 rings (SSSR count). The van der Waals surface area contributed by atoms with Gasteiger partial charge in [0.2, 0.25) is 0 Å². The van der Waals surface area contributed by atoms with Crippen molar-refractivity contribution < 1.29 is 80.2 Å². The lowest BCUT2D eigenvalue weighted by Gasteiger charge is -2.21. The smallest absolute Gasteiger partial charge is 0.462 e. The summed E-state index contributed by atoms with van der Waals surface area (Å²) in [5.74, 6) is -0.524. The fraction of sp³-hybridized carbons (Fsp3) is 0.954. The first-order valence-electron chi connectivity index (χ1n) is 45.0. The van der Waals surface area contributed by atoms with Crippen LogP contribution in [0.2, 0.25) is 0 Å². The molecule has 0 heterocycles. The van der Waals surface area contributed by atoms with Gasteiger partial charge < -0.3 is 33.8 Å². The summed E-state index contributed by atoms with van der Waals surface area (Å²) >= 11 is 0. The normalized spacial score (nSPS) is 14.1. The molecule has 0 fully saturated rings. The summed E-state index contributed by atoms with van der Waals surface area (Å²) < 4.78 is 68.9. The molecule has 0 amide bonds. The van der Waals surface area contributed by atoms with Crippen LogP contribution < -0.4 is 0 Å². The minimum absolute atomic E-state index is 0.108. The largest absolute Gasteiger partial charge is 0.472 e. The number of carbonyl (C=O) groups is 4. The Labute approximate surface area is 651 Å². The number of carbonyl (C=O) groups excluding carboxylic acids is 4. The Balaban J connectivity index is 5.25. The minimum atomic E-state index is -4.97. The van der Waals surface area contributed by atoms with Gasteiger partial charge in [-0.1, -0.05) is 414 Å². The van der Waals surface area contributed by atoms with E-state index in [1.165, 1.54) is 283 Å². The number of phosphoric ester groups is 2. The third-order valence-corrected chi connectivity index (χ3v) is 22.7. The van der Waals surface area contributed by atoms with Crippen LogP contribution in [0.15, 0.2) is 0 Å². The fourth-order valence-corrected chi connectivity index (χ4v) is 15.1. The van der Waals surface area contributed by atoms with Gasteiger partial charge in [0.15, 0.2) is 12.2 Å². The van der Waals surface area contributed by atoms with E-state index in [9.17, 15) is 43.2 Å². The van der Waals surface area contributed by atoms with Crippen molar-refractivity contribution in [2.45, 2.75) is 484 Å². The third-order valence-electron chi connectivity index (χ3n) is 20.8. The highest BCUT2D eigenvalue weighted by Gasteiger charge is 2.30. The van der Waals surface area contributed by atoms with Gasteiger partial charge in [0.25, 0.3) is 0 Å². The Morgan fingerprint density at radius 3 is 0.717 bits per heavy atom. The van der Waals surface area contributed by atoms with Crippen molar-refractivity contribution in [2.75, 3.05) is 39.6 Å². The highest BCUT2D eigenvalue weighted by Crippen LogP contribution is 2.45. The summed E-state index contributed by atoms with van der Waals surface area (Å²) in [5.41, 5.74) is 0.